The summed E-state index contributed by atoms with van der Waals surface area (Å²) in [7, 11) is 1.63. The van der Waals surface area contributed by atoms with Gasteiger partial charge < -0.3 is 21.5 Å². The lowest BCUT2D eigenvalue weighted by molar-refractivity contribution is -0.117. The van der Waals surface area contributed by atoms with Crippen LogP contribution in [0.3, 0.4) is 0 Å². The van der Waals surface area contributed by atoms with E-state index in [1.165, 1.54) is 11.8 Å². The molecule has 1 amide bonds. The molecule has 2 heterocycles. The summed E-state index contributed by atoms with van der Waals surface area (Å²) in [6, 6.07) is 9.18. The third-order valence-electron chi connectivity index (χ3n) is 3.73. The maximum Gasteiger partial charge on any atom is 0.232 e. The number of ether oxygens (including phenoxy) is 1. The number of nitrogens with zero attached hydrogens (tertiary/aromatic N) is 2. The minimum Gasteiger partial charge on any atom is -0.383 e. The predicted octanol–water partition coefficient (Wildman–Crippen LogP) is 1.16. The van der Waals surface area contributed by atoms with Crippen LogP contribution in [0.1, 0.15) is 11.6 Å². The topological polar surface area (TPSA) is 116 Å². The number of hydrogen-bond acceptors (Lipinski definition) is 7. The summed E-state index contributed by atoms with van der Waals surface area (Å²) in [5.41, 5.74) is 14.2. The number of anilines is 1. The first kappa shape index (κ1) is 16.7. The first-order valence-corrected chi connectivity index (χ1v) is 8.41. The maximum atomic E-state index is 11.7. The van der Waals surface area contributed by atoms with E-state index in [-0.39, 0.29) is 0 Å². The molecule has 0 fully saturated rings. The molecule has 1 aromatic carbocycles. The minimum absolute atomic E-state index is 0.446. The summed E-state index contributed by atoms with van der Waals surface area (Å²) < 4.78 is 5.03. The van der Waals surface area contributed by atoms with E-state index < -0.39 is 17.2 Å². The van der Waals surface area contributed by atoms with Gasteiger partial charge in [-0.2, -0.15) is 0 Å². The van der Waals surface area contributed by atoms with Crippen molar-refractivity contribution in [2.24, 2.45) is 11.5 Å². The van der Waals surface area contributed by atoms with Crippen LogP contribution in [-0.4, -0.2) is 41.4 Å². The third kappa shape index (κ3) is 3.21. The molecule has 7 nitrogen and oxygen atoms in total. The fourth-order valence-electron chi connectivity index (χ4n) is 2.58. The van der Waals surface area contributed by atoms with Crippen LogP contribution in [0.2, 0.25) is 0 Å². The number of primary amides is 1. The molecular weight excluding hydrogens is 326 g/mol. The summed E-state index contributed by atoms with van der Waals surface area (Å²) in [6.45, 7) is 1.12. The lowest BCUT2D eigenvalue weighted by Crippen LogP contribution is -2.33. The van der Waals surface area contributed by atoms with Crippen LogP contribution in [-0.2, 0) is 9.53 Å². The molecule has 0 radical (unpaired) electrons. The molecule has 0 bridgehead atoms. The Kier molecular flexibility index (Phi) is 4.98. The van der Waals surface area contributed by atoms with Crippen molar-refractivity contribution in [3.8, 4) is 11.3 Å². The first-order valence-electron chi connectivity index (χ1n) is 7.53. The molecule has 0 saturated carbocycles. The van der Waals surface area contributed by atoms with Crippen molar-refractivity contribution < 1.29 is 9.53 Å². The van der Waals surface area contributed by atoms with E-state index in [0.717, 1.165) is 16.8 Å². The molecule has 0 spiro atoms. The standard InChI is InChI=1S/C16H19N5O2S/c1-23-8-7-19-16-20-12(9-5-3-2-4-6-9)10-11(17)13(14(18)22)24-15(10)21-16/h2-6,11,13H,7-8,17H2,1H3,(H2,18,22)(H,19,20,21). The highest BCUT2D eigenvalue weighted by molar-refractivity contribution is 8.01. The van der Waals surface area contributed by atoms with E-state index in [4.69, 9.17) is 16.2 Å². The predicted molar refractivity (Wildman–Crippen MR) is 93.6 cm³/mol. The lowest BCUT2D eigenvalue weighted by Gasteiger charge is -2.14. The van der Waals surface area contributed by atoms with Gasteiger partial charge in [-0.25, -0.2) is 9.97 Å². The van der Waals surface area contributed by atoms with E-state index in [1.54, 1.807) is 7.11 Å². The molecule has 0 aliphatic carbocycles. The van der Waals surface area contributed by atoms with E-state index in [0.29, 0.717) is 24.1 Å². The number of hydrogen-bond donors (Lipinski definition) is 3. The summed E-state index contributed by atoms with van der Waals surface area (Å²) in [5, 5.41) is 3.29. The van der Waals surface area contributed by atoms with Crippen LogP contribution in [0.15, 0.2) is 35.4 Å². The number of rotatable bonds is 6. The SMILES string of the molecule is COCCNc1nc2c(c(-c3ccccc3)n1)C(N)C(C(N)=O)S2. The van der Waals surface area contributed by atoms with Gasteiger partial charge in [0.15, 0.2) is 0 Å². The maximum absolute atomic E-state index is 11.7. The van der Waals surface area contributed by atoms with Gasteiger partial charge in [0.2, 0.25) is 11.9 Å². The number of nitrogens with one attached hydrogen (secondary N) is 1. The van der Waals surface area contributed by atoms with Crippen molar-refractivity contribution in [2.75, 3.05) is 25.6 Å². The summed E-state index contributed by atoms with van der Waals surface area (Å²) in [4.78, 5) is 20.8. The Hall–Kier alpha value is -2.16. The smallest absolute Gasteiger partial charge is 0.232 e. The zero-order valence-corrected chi connectivity index (χ0v) is 14.0. The van der Waals surface area contributed by atoms with Gasteiger partial charge in [0.25, 0.3) is 0 Å². The third-order valence-corrected chi connectivity index (χ3v) is 5.04. The van der Waals surface area contributed by atoms with Crippen molar-refractivity contribution in [3.05, 3.63) is 35.9 Å². The van der Waals surface area contributed by atoms with Crippen molar-refractivity contribution in [1.82, 2.24) is 9.97 Å². The monoisotopic (exact) mass is 345 g/mol. The number of thioether (sulfide) groups is 1. The van der Waals surface area contributed by atoms with Gasteiger partial charge in [-0.05, 0) is 0 Å². The van der Waals surface area contributed by atoms with Crippen LogP contribution < -0.4 is 16.8 Å². The average Bonchev–Trinajstić information content (AvgIpc) is 2.92. The van der Waals surface area contributed by atoms with Gasteiger partial charge in [0.05, 0.1) is 18.3 Å². The van der Waals surface area contributed by atoms with Crippen LogP contribution in [0.25, 0.3) is 11.3 Å². The Labute approximate surface area is 144 Å². The Bertz CT molecular complexity index is 741. The highest BCUT2D eigenvalue weighted by Gasteiger charge is 2.38. The Morgan fingerprint density at radius 1 is 1.33 bits per heavy atom. The van der Waals surface area contributed by atoms with Crippen molar-refractivity contribution in [2.45, 2.75) is 16.3 Å². The van der Waals surface area contributed by atoms with Crippen molar-refractivity contribution in [1.29, 1.82) is 0 Å². The molecule has 2 unspecified atom stereocenters. The van der Waals surface area contributed by atoms with Gasteiger partial charge in [-0.15, -0.1) is 0 Å². The minimum atomic E-state index is -0.536. The Balaban J connectivity index is 2.05. The highest BCUT2D eigenvalue weighted by Crippen LogP contribution is 2.45. The number of methoxy groups -OCH3 is 1. The molecule has 8 heteroatoms. The van der Waals surface area contributed by atoms with Crippen molar-refractivity contribution in [3.63, 3.8) is 0 Å². The van der Waals surface area contributed by atoms with Crippen LogP contribution in [0.5, 0.6) is 0 Å². The number of fused-ring (bicyclic) bond motifs is 1. The molecule has 1 aromatic heterocycles. The molecule has 1 aliphatic heterocycles. The van der Waals surface area contributed by atoms with E-state index in [1.807, 2.05) is 30.3 Å². The second kappa shape index (κ2) is 7.16. The molecule has 2 atom stereocenters. The number of benzene rings is 1. The van der Waals surface area contributed by atoms with Crippen LogP contribution in [0.4, 0.5) is 5.95 Å². The molecule has 0 saturated heterocycles. The molecule has 3 rings (SSSR count). The van der Waals surface area contributed by atoms with Crippen LogP contribution >= 0.6 is 11.8 Å². The van der Waals surface area contributed by atoms with Gasteiger partial charge in [0.1, 0.15) is 10.3 Å². The zero-order chi connectivity index (χ0) is 17.1. The van der Waals surface area contributed by atoms with Gasteiger partial charge in [-0.1, -0.05) is 42.1 Å². The fourth-order valence-corrected chi connectivity index (χ4v) is 3.72. The first-order chi connectivity index (χ1) is 11.6. The molecule has 126 valence electrons. The molecule has 2 aromatic rings. The number of nitrogens with two attached hydrogens (primary N) is 2. The quantitative estimate of drug-likeness (QED) is 0.531. The molecule has 1 aliphatic rings. The van der Waals surface area contributed by atoms with Crippen molar-refractivity contribution >= 4 is 23.6 Å². The zero-order valence-electron chi connectivity index (χ0n) is 13.2. The fraction of sp³-hybridized carbons (Fsp3) is 0.312. The van der Waals surface area contributed by atoms with Gasteiger partial charge in [0, 0.05) is 24.8 Å². The Morgan fingerprint density at radius 3 is 2.75 bits per heavy atom. The highest BCUT2D eigenvalue weighted by atomic mass is 32.2. The summed E-state index contributed by atoms with van der Waals surface area (Å²) in [6.07, 6.45) is 0. The molecule has 24 heavy (non-hydrogen) atoms. The largest absolute Gasteiger partial charge is 0.383 e. The number of carbonyl (C=O) groups is 1. The normalized spacial score (nSPS) is 19.1. The number of aromatic nitrogens is 2. The van der Waals surface area contributed by atoms with E-state index >= 15 is 0 Å². The van der Waals surface area contributed by atoms with Gasteiger partial charge >= 0.3 is 0 Å². The second-order valence-corrected chi connectivity index (χ2v) is 6.50. The second-order valence-electron chi connectivity index (χ2n) is 5.37. The van der Waals surface area contributed by atoms with E-state index in [2.05, 4.69) is 15.3 Å². The molecular formula is C16H19N5O2S. The van der Waals surface area contributed by atoms with Gasteiger partial charge in [-0.3, -0.25) is 4.79 Å². The lowest BCUT2D eigenvalue weighted by atomic mass is 10.00. The van der Waals surface area contributed by atoms with E-state index in [9.17, 15) is 4.79 Å². The Morgan fingerprint density at radius 2 is 2.08 bits per heavy atom. The summed E-state index contributed by atoms with van der Waals surface area (Å²) in [5.74, 6) is 0.0351. The molecule has 5 N–H and O–H groups in total. The van der Waals surface area contributed by atoms with Crippen LogP contribution in [0, 0.1) is 0 Å². The average molecular weight is 345 g/mol. The summed E-state index contributed by atoms with van der Waals surface area (Å²) >= 11 is 1.29. The number of amides is 1. The number of carbonyl (C=O) groups excluding carboxylic acids is 1.